The number of nitrogens with two attached hydrogens (primary N) is 1. The predicted molar refractivity (Wildman–Crippen MR) is 79.0 cm³/mol. The Bertz CT molecular complexity index is 446. The Balaban J connectivity index is 2.75. The predicted octanol–water partition coefficient (Wildman–Crippen LogP) is 0.443. The monoisotopic (exact) mass is 277 g/mol. The van der Waals surface area contributed by atoms with Crippen LogP contribution in [0.2, 0.25) is 0 Å². The number of nitrogens with one attached hydrogen (secondary N) is 2. The SMILES string of the molecule is CNC(=O)[C@H](Cc1ccccc1)NC(=O)[C@@H](N)C(C)C. The molecule has 4 N–H and O–H groups in total. The fourth-order valence-electron chi connectivity index (χ4n) is 1.80. The average molecular weight is 277 g/mol. The molecule has 20 heavy (non-hydrogen) atoms. The van der Waals surface area contributed by atoms with Crippen molar-refractivity contribution < 1.29 is 9.59 Å². The van der Waals surface area contributed by atoms with Gasteiger partial charge in [0.2, 0.25) is 11.8 Å². The normalized spacial score (nSPS) is 13.7. The van der Waals surface area contributed by atoms with Gasteiger partial charge in [-0.05, 0) is 11.5 Å². The summed E-state index contributed by atoms with van der Waals surface area (Å²) in [7, 11) is 1.55. The molecule has 1 rings (SSSR count). The zero-order valence-electron chi connectivity index (χ0n) is 12.2. The van der Waals surface area contributed by atoms with Crippen molar-refractivity contribution in [2.75, 3.05) is 7.05 Å². The summed E-state index contributed by atoms with van der Waals surface area (Å²) in [5, 5.41) is 5.29. The molecule has 0 aliphatic heterocycles. The summed E-state index contributed by atoms with van der Waals surface area (Å²) >= 11 is 0. The van der Waals surface area contributed by atoms with Crippen LogP contribution in [-0.2, 0) is 16.0 Å². The molecule has 0 spiro atoms. The first-order chi connectivity index (χ1) is 9.45. The van der Waals surface area contributed by atoms with Crippen molar-refractivity contribution in [3.63, 3.8) is 0 Å². The number of carbonyl (C=O) groups excluding carboxylic acids is 2. The van der Waals surface area contributed by atoms with Gasteiger partial charge in [-0.1, -0.05) is 44.2 Å². The quantitative estimate of drug-likeness (QED) is 0.705. The lowest BCUT2D eigenvalue weighted by Gasteiger charge is -2.21. The Kier molecular flexibility index (Phi) is 6.18. The average Bonchev–Trinajstić information content (AvgIpc) is 2.45. The number of rotatable bonds is 6. The lowest BCUT2D eigenvalue weighted by Crippen LogP contribution is -2.53. The third kappa shape index (κ3) is 4.66. The van der Waals surface area contributed by atoms with Crippen LogP contribution in [0.4, 0.5) is 0 Å². The molecule has 0 aliphatic carbocycles. The van der Waals surface area contributed by atoms with E-state index in [9.17, 15) is 9.59 Å². The van der Waals surface area contributed by atoms with Crippen LogP contribution in [-0.4, -0.2) is 30.9 Å². The molecule has 2 atom stereocenters. The standard InChI is InChI=1S/C15H23N3O2/c1-10(2)13(16)15(20)18-12(14(19)17-3)9-11-7-5-4-6-8-11/h4-8,10,12-13H,9,16H2,1-3H3,(H,17,19)(H,18,20)/t12-,13-/m0/s1. The highest BCUT2D eigenvalue weighted by Crippen LogP contribution is 2.05. The van der Waals surface area contributed by atoms with Gasteiger partial charge in [-0.3, -0.25) is 9.59 Å². The minimum Gasteiger partial charge on any atom is -0.357 e. The maximum Gasteiger partial charge on any atom is 0.242 e. The summed E-state index contributed by atoms with van der Waals surface area (Å²) in [6.07, 6.45) is 0.442. The van der Waals surface area contributed by atoms with Crippen molar-refractivity contribution in [1.82, 2.24) is 10.6 Å². The maximum atomic E-state index is 12.0. The van der Waals surface area contributed by atoms with Crippen LogP contribution in [0.5, 0.6) is 0 Å². The summed E-state index contributed by atoms with van der Waals surface area (Å²) < 4.78 is 0. The van der Waals surface area contributed by atoms with Gasteiger partial charge >= 0.3 is 0 Å². The van der Waals surface area contributed by atoms with E-state index in [0.717, 1.165) is 5.56 Å². The summed E-state index contributed by atoms with van der Waals surface area (Å²) in [5.41, 5.74) is 6.79. The van der Waals surface area contributed by atoms with E-state index in [1.165, 1.54) is 0 Å². The highest BCUT2D eigenvalue weighted by Gasteiger charge is 2.24. The molecule has 0 fully saturated rings. The molecule has 0 aliphatic rings. The van der Waals surface area contributed by atoms with Crippen molar-refractivity contribution in [3.05, 3.63) is 35.9 Å². The van der Waals surface area contributed by atoms with Crippen LogP contribution < -0.4 is 16.4 Å². The summed E-state index contributed by atoms with van der Waals surface area (Å²) in [6.45, 7) is 3.74. The third-order valence-corrected chi connectivity index (χ3v) is 3.18. The van der Waals surface area contributed by atoms with E-state index < -0.39 is 12.1 Å². The third-order valence-electron chi connectivity index (χ3n) is 3.18. The van der Waals surface area contributed by atoms with Gasteiger partial charge < -0.3 is 16.4 Å². The van der Waals surface area contributed by atoms with Crippen LogP contribution in [0.1, 0.15) is 19.4 Å². The van der Waals surface area contributed by atoms with E-state index in [0.29, 0.717) is 6.42 Å². The Hall–Kier alpha value is -1.88. The zero-order chi connectivity index (χ0) is 15.1. The van der Waals surface area contributed by atoms with E-state index >= 15 is 0 Å². The van der Waals surface area contributed by atoms with Crippen LogP contribution >= 0.6 is 0 Å². The fourth-order valence-corrected chi connectivity index (χ4v) is 1.80. The Labute approximate surface area is 119 Å². The zero-order valence-corrected chi connectivity index (χ0v) is 12.2. The molecule has 2 amide bonds. The van der Waals surface area contributed by atoms with E-state index in [2.05, 4.69) is 10.6 Å². The number of benzene rings is 1. The molecule has 0 unspecified atom stereocenters. The molecule has 5 heteroatoms. The van der Waals surface area contributed by atoms with E-state index in [1.54, 1.807) is 7.05 Å². The first-order valence-corrected chi connectivity index (χ1v) is 6.77. The van der Waals surface area contributed by atoms with Crippen LogP contribution in [0.15, 0.2) is 30.3 Å². The van der Waals surface area contributed by atoms with E-state index in [4.69, 9.17) is 5.73 Å². The topological polar surface area (TPSA) is 84.2 Å². The van der Waals surface area contributed by atoms with Gasteiger partial charge in [0.1, 0.15) is 6.04 Å². The van der Waals surface area contributed by atoms with Gasteiger partial charge in [0.25, 0.3) is 0 Å². The smallest absolute Gasteiger partial charge is 0.242 e. The molecular weight excluding hydrogens is 254 g/mol. The molecule has 1 aromatic carbocycles. The van der Waals surface area contributed by atoms with Gasteiger partial charge in [-0.25, -0.2) is 0 Å². The molecule has 1 aromatic rings. The first kappa shape index (κ1) is 16.2. The van der Waals surface area contributed by atoms with Crippen LogP contribution in [0, 0.1) is 5.92 Å². The molecule has 0 heterocycles. The largest absolute Gasteiger partial charge is 0.357 e. The molecule has 0 saturated heterocycles. The van der Waals surface area contributed by atoms with Gasteiger partial charge in [-0.15, -0.1) is 0 Å². The van der Waals surface area contributed by atoms with Crippen molar-refractivity contribution in [3.8, 4) is 0 Å². The number of carbonyl (C=O) groups is 2. The van der Waals surface area contributed by atoms with Gasteiger partial charge in [0.15, 0.2) is 0 Å². The highest BCUT2D eigenvalue weighted by molar-refractivity contribution is 5.89. The number of amides is 2. The van der Waals surface area contributed by atoms with Gasteiger partial charge in [-0.2, -0.15) is 0 Å². The van der Waals surface area contributed by atoms with Crippen LogP contribution in [0.3, 0.4) is 0 Å². The molecule has 5 nitrogen and oxygen atoms in total. The van der Waals surface area contributed by atoms with Gasteiger partial charge in [0.05, 0.1) is 6.04 Å². The van der Waals surface area contributed by atoms with E-state index in [-0.39, 0.29) is 17.7 Å². The molecule has 0 aromatic heterocycles. The molecule has 0 radical (unpaired) electrons. The molecule has 0 saturated carbocycles. The molecule has 0 bridgehead atoms. The number of hydrogen-bond donors (Lipinski definition) is 3. The van der Waals surface area contributed by atoms with Crippen molar-refractivity contribution in [2.24, 2.45) is 11.7 Å². The molecule has 110 valence electrons. The van der Waals surface area contributed by atoms with Crippen molar-refractivity contribution >= 4 is 11.8 Å². The van der Waals surface area contributed by atoms with Crippen molar-refractivity contribution in [2.45, 2.75) is 32.4 Å². The second kappa shape index (κ2) is 7.65. The summed E-state index contributed by atoms with van der Waals surface area (Å²) in [4.78, 5) is 23.9. The van der Waals surface area contributed by atoms with Gasteiger partial charge in [0, 0.05) is 13.5 Å². The Morgan fingerprint density at radius 3 is 2.25 bits per heavy atom. The van der Waals surface area contributed by atoms with Crippen molar-refractivity contribution in [1.29, 1.82) is 0 Å². The minimum atomic E-state index is -0.613. The summed E-state index contributed by atoms with van der Waals surface area (Å²) in [5.74, 6) is -0.500. The number of likely N-dealkylation sites (N-methyl/N-ethyl adjacent to an activating group) is 1. The minimum absolute atomic E-state index is 0.0251. The first-order valence-electron chi connectivity index (χ1n) is 6.77. The second-order valence-corrected chi connectivity index (χ2v) is 5.13. The number of hydrogen-bond acceptors (Lipinski definition) is 3. The van der Waals surface area contributed by atoms with E-state index in [1.807, 2.05) is 44.2 Å². The fraction of sp³-hybridized carbons (Fsp3) is 0.467. The maximum absolute atomic E-state index is 12.0. The Morgan fingerprint density at radius 2 is 1.75 bits per heavy atom. The molecular formula is C15H23N3O2. The lowest BCUT2D eigenvalue weighted by molar-refractivity contribution is -0.129. The second-order valence-electron chi connectivity index (χ2n) is 5.13. The van der Waals surface area contributed by atoms with Crippen LogP contribution in [0.25, 0.3) is 0 Å². The summed E-state index contributed by atoms with van der Waals surface area (Å²) in [6, 6.07) is 8.33. The Morgan fingerprint density at radius 1 is 1.15 bits per heavy atom. The lowest BCUT2D eigenvalue weighted by atomic mass is 10.0. The highest BCUT2D eigenvalue weighted by atomic mass is 16.2.